The Morgan fingerprint density at radius 3 is 2.72 bits per heavy atom. The molecule has 1 unspecified atom stereocenters. The average molecular weight is 312 g/mol. The van der Waals surface area contributed by atoms with Crippen LogP contribution in [0.3, 0.4) is 0 Å². The molecule has 1 aliphatic rings. The molecule has 98 valence electrons. The molecule has 2 N–H and O–H groups in total. The van der Waals surface area contributed by atoms with Crippen molar-refractivity contribution >= 4 is 21.9 Å². The number of nitrogens with one attached hydrogen (secondary N) is 1. The second-order valence-corrected chi connectivity index (χ2v) is 5.82. The van der Waals surface area contributed by atoms with Crippen molar-refractivity contribution in [2.75, 3.05) is 13.1 Å². The lowest BCUT2D eigenvalue weighted by Gasteiger charge is -2.29. The van der Waals surface area contributed by atoms with Crippen LogP contribution in [-0.2, 0) is 4.79 Å². The molecule has 1 aromatic carbocycles. The Balaban J connectivity index is 2.34. The number of piperidine rings is 1. The Bertz CT molecular complexity index is 441. The number of rotatable bonds is 3. The fraction of sp³-hybridized carbons (Fsp3) is 0.500. The summed E-state index contributed by atoms with van der Waals surface area (Å²) in [6.45, 7) is 3.82. The number of carbonyl (C=O) groups is 1. The van der Waals surface area contributed by atoms with E-state index < -0.39 is 5.97 Å². The van der Waals surface area contributed by atoms with Crippen molar-refractivity contribution in [2.24, 2.45) is 5.92 Å². The van der Waals surface area contributed by atoms with Crippen LogP contribution in [-0.4, -0.2) is 24.2 Å². The van der Waals surface area contributed by atoms with Crippen LogP contribution in [0.15, 0.2) is 22.7 Å². The van der Waals surface area contributed by atoms with Gasteiger partial charge in [0, 0.05) is 4.47 Å². The number of aliphatic carboxylic acids is 1. The van der Waals surface area contributed by atoms with Gasteiger partial charge in [0.25, 0.3) is 0 Å². The van der Waals surface area contributed by atoms with Crippen LogP contribution in [0.5, 0.6) is 0 Å². The molecule has 0 saturated carbocycles. The smallest absolute Gasteiger partial charge is 0.311 e. The van der Waals surface area contributed by atoms with Gasteiger partial charge in [-0.1, -0.05) is 22.0 Å². The highest BCUT2D eigenvalue weighted by Crippen LogP contribution is 2.34. The summed E-state index contributed by atoms with van der Waals surface area (Å²) in [4.78, 5) is 11.6. The van der Waals surface area contributed by atoms with Gasteiger partial charge < -0.3 is 10.4 Å². The molecular formula is C14H18BrNO2. The van der Waals surface area contributed by atoms with Crippen LogP contribution < -0.4 is 5.32 Å². The summed E-state index contributed by atoms with van der Waals surface area (Å²) in [7, 11) is 0. The minimum Gasteiger partial charge on any atom is -0.481 e. The van der Waals surface area contributed by atoms with Gasteiger partial charge in [0.15, 0.2) is 0 Å². The molecule has 0 spiro atoms. The van der Waals surface area contributed by atoms with Crippen molar-refractivity contribution in [2.45, 2.75) is 25.7 Å². The van der Waals surface area contributed by atoms with Crippen molar-refractivity contribution in [3.63, 3.8) is 0 Å². The topological polar surface area (TPSA) is 49.3 Å². The molecule has 1 aliphatic heterocycles. The van der Waals surface area contributed by atoms with E-state index in [9.17, 15) is 9.90 Å². The zero-order valence-corrected chi connectivity index (χ0v) is 12.0. The molecule has 0 aromatic heterocycles. The van der Waals surface area contributed by atoms with Gasteiger partial charge in [-0.15, -0.1) is 0 Å². The van der Waals surface area contributed by atoms with E-state index in [0.29, 0.717) is 0 Å². The van der Waals surface area contributed by atoms with E-state index in [1.54, 1.807) is 0 Å². The van der Waals surface area contributed by atoms with E-state index in [-0.39, 0.29) is 11.8 Å². The first-order valence-electron chi connectivity index (χ1n) is 6.29. The number of halogens is 1. The molecule has 1 saturated heterocycles. The first kappa shape index (κ1) is 13.6. The van der Waals surface area contributed by atoms with Gasteiger partial charge in [0.2, 0.25) is 0 Å². The summed E-state index contributed by atoms with van der Waals surface area (Å²) < 4.78 is 0.947. The number of benzene rings is 1. The van der Waals surface area contributed by atoms with Gasteiger partial charge in [0.1, 0.15) is 0 Å². The maximum Gasteiger partial charge on any atom is 0.311 e. The third-order valence-electron chi connectivity index (χ3n) is 3.70. The highest BCUT2D eigenvalue weighted by molar-refractivity contribution is 9.10. The van der Waals surface area contributed by atoms with Gasteiger partial charge in [-0.3, -0.25) is 4.79 Å². The highest BCUT2D eigenvalue weighted by atomic mass is 79.9. The van der Waals surface area contributed by atoms with Crippen molar-refractivity contribution in [1.29, 1.82) is 0 Å². The van der Waals surface area contributed by atoms with Crippen LogP contribution >= 0.6 is 15.9 Å². The Hall–Kier alpha value is -0.870. The Kier molecular flexibility index (Phi) is 4.40. The zero-order chi connectivity index (χ0) is 13.1. The quantitative estimate of drug-likeness (QED) is 0.902. The maximum atomic E-state index is 11.6. The minimum atomic E-state index is -0.705. The average Bonchev–Trinajstić information content (AvgIpc) is 2.35. The van der Waals surface area contributed by atoms with Crippen molar-refractivity contribution in [3.8, 4) is 0 Å². The number of hydrogen-bond acceptors (Lipinski definition) is 2. The normalized spacial score (nSPS) is 18.6. The van der Waals surface area contributed by atoms with Crippen molar-refractivity contribution < 1.29 is 9.90 Å². The van der Waals surface area contributed by atoms with E-state index in [4.69, 9.17) is 0 Å². The second kappa shape index (κ2) is 5.85. The molecule has 1 heterocycles. The van der Waals surface area contributed by atoms with E-state index in [1.807, 2.05) is 25.1 Å². The maximum absolute atomic E-state index is 11.6. The molecule has 2 rings (SSSR count). The number of carboxylic acids is 1. The second-order valence-electron chi connectivity index (χ2n) is 4.90. The van der Waals surface area contributed by atoms with Gasteiger partial charge in [-0.05, 0) is 62.0 Å². The Labute approximate surface area is 116 Å². The zero-order valence-electron chi connectivity index (χ0n) is 10.4. The summed E-state index contributed by atoms with van der Waals surface area (Å²) in [5.41, 5.74) is 2.01. The van der Waals surface area contributed by atoms with E-state index in [2.05, 4.69) is 21.2 Å². The third-order valence-corrected chi connectivity index (χ3v) is 4.19. The van der Waals surface area contributed by atoms with Gasteiger partial charge in [-0.2, -0.15) is 0 Å². The van der Waals surface area contributed by atoms with Gasteiger partial charge in [-0.25, -0.2) is 0 Å². The number of aryl methyl sites for hydroxylation is 1. The minimum absolute atomic E-state index is 0.233. The summed E-state index contributed by atoms with van der Waals surface area (Å²) >= 11 is 3.43. The number of hydrogen-bond donors (Lipinski definition) is 2. The predicted molar refractivity (Wildman–Crippen MR) is 74.8 cm³/mol. The van der Waals surface area contributed by atoms with Crippen LogP contribution in [0, 0.1) is 12.8 Å². The summed E-state index contributed by atoms with van der Waals surface area (Å²) in [6, 6.07) is 5.90. The van der Waals surface area contributed by atoms with Gasteiger partial charge >= 0.3 is 5.97 Å². The lowest BCUT2D eigenvalue weighted by molar-refractivity contribution is -0.140. The van der Waals surface area contributed by atoms with E-state index in [0.717, 1.165) is 41.5 Å². The first-order chi connectivity index (χ1) is 8.59. The third kappa shape index (κ3) is 2.93. The molecular weight excluding hydrogens is 294 g/mol. The lowest BCUT2D eigenvalue weighted by Crippen LogP contribution is -2.33. The molecule has 4 heteroatoms. The van der Waals surface area contributed by atoms with E-state index in [1.165, 1.54) is 0 Å². The SMILES string of the molecule is Cc1ccc(Br)cc1C(C(=O)O)C1CCNCC1. The molecule has 1 atom stereocenters. The Morgan fingerprint density at radius 1 is 1.44 bits per heavy atom. The lowest BCUT2D eigenvalue weighted by atomic mass is 9.79. The van der Waals surface area contributed by atoms with Crippen LogP contribution in [0.25, 0.3) is 0 Å². The van der Waals surface area contributed by atoms with Crippen molar-refractivity contribution in [1.82, 2.24) is 5.32 Å². The molecule has 0 aliphatic carbocycles. The van der Waals surface area contributed by atoms with E-state index >= 15 is 0 Å². The molecule has 0 amide bonds. The summed E-state index contributed by atoms with van der Waals surface area (Å²) in [5.74, 6) is -0.857. The molecule has 1 aromatic rings. The van der Waals surface area contributed by atoms with Crippen LogP contribution in [0.2, 0.25) is 0 Å². The molecule has 3 nitrogen and oxygen atoms in total. The monoisotopic (exact) mass is 311 g/mol. The Morgan fingerprint density at radius 2 is 2.11 bits per heavy atom. The standard InChI is InChI=1S/C14H18BrNO2/c1-9-2-3-11(15)8-12(9)13(14(17)18)10-4-6-16-7-5-10/h2-3,8,10,13,16H,4-7H2,1H3,(H,17,18). The molecule has 18 heavy (non-hydrogen) atoms. The largest absolute Gasteiger partial charge is 0.481 e. The summed E-state index contributed by atoms with van der Waals surface area (Å²) in [5, 5.41) is 12.8. The van der Waals surface area contributed by atoms with Gasteiger partial charge in [0.05, 0.1) is 5.92 Å². The van der Waals surface area contributed by atoms with Crippen LogP contribution in [0.1, 0.15) is 29.9 Å². The summed E-state index contributed by atoms with van der Waals surface area (Å²) in [6.07, 6.45) is 1.87. The highest BCUT2D eigenvalue weighted by Gasteiger charge is 2.31. The molecule has 0 bridgehead atoms. The molecule has 0 radical (unpaired) electrons. The number of carboxylic acid groups (broad SMARTS) is 1. The fourth-order valence-electron chi connectivity index (χ4n) is 2.71. The first-order valence-corrected chi connectivity index (χ1v) is 7.08. The van der Waals surface area contributed by atoms with Crippen LogP contribution in [0.4, 0.5) is 0 Å². The fourth-order valence-corrected chi connectivity index (χ4v) is 3.09. The van der Waals surface area contributed by atoms with Crippen molar-refractivity contribution in [3.05, 3.63) is 33.8 Å². The predicted octanol–water partition coefficient (Wildman–Crippen LogP) is 2.93. The molecule has 1 fully saturated rings.